The van der Waals surface area contributed by atoms with E-state index in [4.69, 9.17) is 4.74 Å². The van der Waals surface area contributed by atoms with Crippen molar-refractivity contribution in [2.75, 3.05) is 6.54 Å². The minimum Gasteiger partial charge on any atom is -0.487 e. The number of fused-ring (bicyclic) bond motifs is 1. The molecule has 7 nitrogen and oxygen atoms in total. The molecule has 1 aliphatic heterocycles. The molecule has 2 aromatic rings. The van der Waals surface area contributed by atoms with Crippen LogP contribution in [-0.4, -0.2) is 23.0 Å². The van der Waals surface area contributed by atoms with Gasteiger partial charge < -0.3 is 15.4 Å². The Morgan fingerprint density at radius 3 is 2.82 bits per heavy atom. The molecule has 1 atom stereocenters. The van der Waals surface area contributed by atoms with E-state index in [1.165, 1.54) is 6.07 Å². The van der Waals surface area contributed by atoms with Crippen LogP contribution in [0.15, 0.2) is 53.5 Å². The van der Waals surface area contributed by atoms with Crippen molar-refractivity contribution in [3.05, 3.63) is 69.8 Å². The topological polar surface area (TPSA) is 88.8 Å². The first-order valence-corrected chi connectivity index (χ1v) is 9.44. The highest BCUT2D eigenvalue weighted by molar-refractivity contribution is 5.80. The molecule has 28 heavy (non-hydrogen) atoms. The number of rotatable bonds is 5. The van der Waals surface area contributed by atoms with Crippen molar-refractivity contribution in [1.82, 2.24) is 10.6 Å². The quantitative estimate of drug-likeness (QED) is 0.354. The number of nitrogens with one attached hydrogen (secondary N) is 2. The Balaban J connectivity index is 1.80. The average molecular weight is 382 g/mol. The highest BCUT2D eigenvalue weighted by atomic mass is 16.6. The van der Waals surface area contributed by atoms with E-state index in [0.717, 1.165) is 29.8 Å². The second kappa shape index (κ2) is 8.29. The summed E-state index contributed by atoms with van der Waals surface area (Å²) in [5.74, 6) is 1.55. The molecule has 0 aliphatic carbocycles. The van der Waals surface area contributed by atoms with E-state index in [9.17, 15) is 10.1 Å². The molecule has 0 spiro atoms. The number of non-ortho nitro benzene ring substituents is 1. The first kappa shape index (κ1) is 19.7. The Morgan fingerprint density at radius 2 is 2.07 bits per heavy atom. The maximum Gasteiger partial charge on any atom is 0.269 e. The van der Waals surface area contributed by atoms with Crippen molar-refractivity contribution < 1.29 is 9.66 Å². The van der Waals surface area contributed by atoms with Gasteiger partial charge in [0.25, 0.3) is 5.69 Å². The van der Waals surface area contributed by atoms with Crippen LogP contribution >= 0.6 is 0 Å². The Hall–Kier alpha value is -3.09. The first-order valence-electron chi connectivity index (χ1n) is 9.44. The fourth-order valence-electron chi connectivity index (χ4n) is 3.35. The van der Waals surface area contributed by atoms with Crippen LogP contribution in [0.5, 0.6) is 5.75 Å². The Bertz CT molecular complexity index is 879. The van der Waals surface area contributed by atoms with Crippen LogP contribution in [0, 0.1) is 10.1 Å². The lowest BCUT2D eigenvalue weighted by atomic mass is 9.90. The third kappa shape index (κ3) is 4.79. The molecule has 7 heteroatoms. The molecule has 1 aliphatic rings. The summed E-state index contributed by atoms with van der Waals surface area (Å²) in [7, 11) is 0. The number of para-hydroxylation sites is 1. The molecule has 148 valence electrons. The molecular formula is C21H26N4O3. The van der Waals surface area contributed by atoms with Gasteiger partial charge in [-0.3, -0.25) is 10.1 Å². The smallest absolute Gasteiger partial charge is 0.269 e. The molecule has 1 unspecified atom stereocenters. The third-order valence-electron chi connectivity index (χ3n) is 4.57. The molecule has 3 rings (SSSR count). The number of hydrogen-bond donors (Lipinski definition) is 2. The lowest BCUT2D eigenvalue weighted by molar-refractivity contribution is -0.384. The monoisotopic (exact) mass is 382 g/mol. The summed E-state index contributed by atoms with van der Waals surface area (Å²) in [4.78, 5) is 15.2. The number of benzene rings is 2. The van der Waals surface area contributed by atoms with Crippen molar-refractivity contribution in [1.29, 1.82) is 0 Å². The second-order valence-electron chi connectivity index (χ2n) is 7.42. The van der Waals surface area contributed by atoms with E-state index in [0.29, 0.717) is 12.5 Å². The predicted octanol–water partition coefficient (Wildman–Crippen LogP) is 3.95. The summed E-state index contributed by atoms with van der Waals surface area (Å²) in [6, 6.07) is 14.6. The van der Waals surface area contributed by atoms with Gasteiger partial charge in [0.2, 0.25) is 0 Å². The van der Waals surface area contributed by atoms with Gasteiger partial charge in [0, 0.05) is 30.7 Å². The molecule has 0 aromatic heterocycles. The van der Waals surface area contributed by atoms with E-state index in [-0.39, 0.29) is 17.3 Å². The van der Waals surface area contributed by atoms with Gasteiger partial charge in [-0.2, -0.15) is 0 Å². The van der Waals surface area contributed by atoms with Crippen LogP contribution in [0.4, 0.5) is 5.69 Å². The van der Waals surface area contributed by atoms with Crippen LogP contribution in [0.2, 0.25) is 0 Å². The molecule has 0 bridgehead atoms. The number of hydrogen-bond acceptors (Lipinski definition) is 4. The molecule has 0 saturated heterocycles. The molecule has 2 aromatic carbocycles. The van der Waals surface area contributed by atoms with Gasteiger partial charge in [-0.15, -0.1) is 0 Å². The summed E-state index contributed by atoms with van der Waals surface area (Å²) in [6.07, 6.45) is 0.797. The van der Waals surface area contributed by atoms with Gasteiger partial charge in [0.05, 0.1) is 17.5 Å². The SMILES string of the molecule is CCNC(=NCc1cccc([N+](=O)[O-])c1)NC1CC(C)(C)Oc2ccccc21. The zero-order chi connectivity index (χ0) is 20.1. The minimum absolute atomic E-state index is 0.0582. The van der Waals surface area contributed by atoms with Crippen molar-refractivity contribution in [2.45, 2.75) is 45.4 Å². The van der Waals surface area contributed by atoms with Crippen LogP contribution in [0.25, 0.3) is 0 Å². The van der Waals surface area contributed by atoms with E-state index in [1.807, 2.05) is 31.2 Å². The zero-order valence-corrected chi connectivity index (χ0v) is 16.4. The molecule has 1 heterocycles. The number of nitro benzene ring substituents is 1. The molecule has 0 radical (unpaired) electrons. The lowest BCUT2D eigenvalue weighted by Gasteiger charge is -2.38. The van der Waals surface area contributed by atoms with Crippen molar-refractivity contribution in [2.24, 2.45) is 4.99 Å². The van der Waals surface area contributed by atoms with Crippen LogP contribution in [0.3, 0.4) is 0 Å². The number of nitrogens with zero attached hydrogens (tertiary/aromatic N) is 2. The zero-order valence-electron chi connectivity index (χ0n) is 16.4. The van der Waals surface area contributed by atoms with Gasteiger partial charge >= 0.3 is 0 Å². The van der Waals surface area contributed by atoms with Gasteiger partial charge in [0.1, 0.15) is 11.4 Å². The Morgan fingerprint density at radius 1 is 1.29 bits per heavy atom. The molecular weight excluding hydrogens is 356 g/mol. The van der Waals surface area contributed by atoms with Crippen LogP contribution in [0.1, 0.15) is 44.4 Å². The summed E-state index contributed by atoms with van der Waals surface area (Å²) in [5, 5.41) is 17.7. The normalized spacial score (nSPS) is 18.0. The van der Waals surface area contributed by atoms with E-state index < -0.39 is 4.92 Å². The highest BCUT2D eigenvalue weighted by Crippen LogP contribution is 2.39. The van der Waals surface area contributed by atoms with E-state index in [2.05, 4.69) is 35.5 Å². The van der Waals surface area contributed by atoms with Gasteiger partial charge in [-0.25, -0.2) is 4.99 Å². The number of ether oxygens (including phenoxy) is 1. The fourth-order valence-corrected chi connectivity index (χ4v) is 3.35. The highest BCUT2D eigenvalue weighted by Gasteiger charge is 2.33. The number of guanidine groups is 1. The summed E-state index contributed by atoms with van der Waals surface area (Å²) in [6.45, 7) is 7.22. The number of nitro groups is 1. The largest absolute Gasteiger partial charge is 0.487 e. The number of aliphatic imine (C=N–C) groups is 1. The molecule has 0 fully saturated rings. The molecule has 0 saturated carbocycles. The molecule has 0 amide bonds. The van der Waals surface area contributed by atoms with Crippen LogP contribution < -0.4 is 15.4 Å². The van der Waals surface area contributed by atoms with E-state index in [1.54, 1.807) is 12.1 Å². The van der Waals surface area contributed by atoms with E-state index >= 15 is 0 Å². The van der Waals surface area contributed by atoms with Gasteiger partial charge in [-0.05, 0) is 32.4 Å². The minimum atomic E-state index is -0.391. The molecule has 2 N–H and O–H groups in total. The summed E-state index contributed by atoms with van der Waals surface area (Å²) in [5.41, 5.74) is 1.68. The third-order valence-corrected chi connectivity index (χ3v) is 4.57. The fraction of sp³-hybridized carbons (Fsp3) is 0.381. The first-order chi connectivity index (χ1) is 13.4. The maximum absolute atomic E-state index is 11.0. The standard InChI is InChI=1S/C21H26N4O3/c1-4-22-20(23-14-15-8-7-9-16(12-15)25(26)27)24-18-13-21(2,3)28-19-11-6-5-10-17(18)19/h5-12,18H,4,13-14H2,1-3H3,(H2,22,23,24). The van der Waals surface area contributed by atoms with Crippen molar-refractivity contribution in [3.63, 3.8) is 0 Å². The predicted molar refractivity (Wildman–Crippen MR) is 110 cm³/mol. The maximum atomic E-state index is 11.0. The second-order valence-corrected chi connectivity index (χ2v) is 7.42. The van der Waals surface area contributed by atoms with Gasteiger partial charge in [0.15, 0.2) is 5.96 Å². The van der Waals surface area contributed by atoms with Crippen molar-refractivity contribution >= 4 is 11.6 Å². The summed E-state index contributed by atoms with van der Waals surface area (Å²) >= 11 is 0. The van der Waals surface area contributed by atoms with Crippen molar-refractivity contribution in [3.8, 4) is 5.75 Å². The average Bonchev–Trinajstić information content (AvgIpc) is 2.65. The van der Waals surface area contributed by atoms with Gasteiger partial charge in [-0.1, -0.05) is 30.3 Å². The Labute approximate surface area is 165 Å². The summed E-state index contributed by atoms with van der Waals surface area (Å²) < 4.78 is 6.09. The lowest BCUT2D eigenvalue weighted by Crippen LogP contribution is -2.45. The Kier molecular flexibility index (Phi) is 5.82. The van der Waals surface area contributed by atoms with Crippen LogP contribution in [-0.2, 0) is 6.54 Å².